The van der Waals surface area contributed by atoms with E-state index in [0.717, 1.165) is 24.5 Å². The highest BCUT2D eigenvalue weighted by molar-refractivity contribution is 5.46. The number of rotatable bonds is 5. The Morgan fingerprint density at radius 3 is 2.57 bits per heavy atom. The maximum absolute atomic E-state index is 5.46. The molecule has 1 heterocycles. The zero-order chi connectivity index (χ0) is 14.7. The molecule has 0 aliphatic carbocycles. The highest BCUT2D eigenvalue weighted by Gasteiger charge is 2.23. The second-order valence-electron chi connectivity index (χ2n) is 5.86. The van der Waals surface area contributed by atoms with Gasteiger partial charge in [0.1, 0.15) is 0 Å². The zero-order valence-electron chi connectivity index (χ0n) is 12.6. The number of hydrogen-bond acceptors (Lipinski definition) is 3. The monoisotopic (exact) mass is 283 g/mol. The van der Waals surface area contributed by atoms with Crippen molar-refractivity contribution in [3.05, 3.63) is 59.7 Å². The topological polar surface area (TPSA) is 30.5 Å². The largest absolute Gasteiger partial charge is 0.454 e. The van der Waals surface area contributed by atoms with Gasteiger partial charge in [-0.2, -0.15) is 0 Å². The third-order valence-corrected chi connectivity index (χ3v) is 3.92. The van der Waals surface area contributed by atoms with Crippen LogP contribution in [0.1, 0.15) is 25.0 Å². The molecule has 0 spiro atoms. The summed E-state index contributed by atoms with van der Waals surface area (Å²) >= 11 is 0. The molecule has 1 aliphatic heterocycles. The molecule has 0 radical (unpaired) electrons. The molecule has 0 saturated carbocycles. The van der Waals surface area contributed by atoms with Gasteiger partial charge < -0.3 is 14.8 Å². The molecule has 2 aromatic carbocycles. The lowest BCUT2D eigenvalue weighted by Gasteiger charge is -2.27. The Morgan fingerprint density at radius 1 is 1.00 bits per heavy atom. The van der Waals surface area contributed by atoms with Crippen LogP contribution in [0.5, 0.6) is 11.5 Å². The van der Waals surface area contributed by atoms with E-state index in [1.54, 1.807) is 0 Å². The fourth-order valence-corrected chi connectivity index (χ4v) is 2.55. The molecule has 0 aromatic heterocycles. The maximum Gasteiger partial charge on any atom is 0.231 e. The van der Waals surface area contributed by atoms with Crippen molar-refractivity contribution in [1.29, 1.82) is 0 Å². The summed E-state index contributed by atoms with van der Waals surface area (Å²) in [5.74, 6) is 1.67. The van der Waals surface area contributed by atoms with Crippen LogP contribution < -0.4 is 14.8 Å². The first kappa shape index (κ1) is 14.0. The van der Waals surface area contributed by atoms with E-state index in [2.05, 4.69) is 55.6 Å². The van der Waals surface area contributed by atoms with E-state index in [-0.39, 0.29) is 5.54 Å². The number of hydrogen-bond donors (Lipinski definition) is 1. The van der Waals surface area contributed by atoms with Crippen molar-refractivity contribution in [3.8, 4) is 11.5 Å². The zero-order valence-corrected chi connectivity index (χ0v) is 12.6. The van der Waals surface area contributed by atoms with Crippen LogP contribution >= 0.6 is 0 Å². The molecule has 3 rings (SSSR count). The Hall–Kier alpha value is -2.00. The number of ether oxygens (including phenoxy) is 2. The van der Waals surface area contributed by atoms with Crippen LogP contribution in [-0.2, 0) is 12.0 Å². The van der Waals surface area contributed by atoms with Crippen LogP contribution in [0.2, 0.25) is 0 Å². The van der Waals surface area contributed by atoms with Crippen LogP contribution in [-0.4, -0.2) is 13.3 Å². The number of benzene rings is 2. The van der Waals surface area contributed by atoms with E-state index < -0.39 is 0 Å². The van der Waals surface area contributed by atoms with Gasteiger partial charge in [-0.3, -0.25) is 0 Å². The van der Waals surface area contributed by atoms with Gasteiger partial charge in [0.2, 0.25) is 6.79 Å². The van der Waals surface area contributed by atoms with Gasteiger partial charge >= 0.3 is 0 Å². The van der Waals surface area contributed by atoms with E-state index in [1.165, 1.54) is 11.1 Å². The molecule has 110 valence electrons. The highest BCUT2D eigenvalue weighted by atomic mass is 16.7. The summed E-state index contributed by atoms with van der Waals surface area (Å²) in [4.78, 5) is 0. The van der Waals surface area contributed by atoms with Gasteiger partial charge in [-0.05, 0) is 50.1 Å². The maximum atomic E-state index is 5.46. The average Bonchev–Trinajstić information content (AvgIpc) is 2.95. The van der Waals surface area contributed by atoms with Crippen LogP contribution in [0, 0.1) is 0 Å². The quantitative estimate of drug-likeness (QED) is 0.911. The van der Waals surface area contributed by atoms with Crippen molar-refractivity contribution >= 4 is 0 Å². The molecule has 0 unspecified atom stereocenters. The molecule has 1 aliphatic rings. The summed E-state index contributed by atoms with van der Waals surface area (Å²) in [6.07, 6.45) is 1.02. The number of nitrogens with one attached hydrogen (secondary N) is 1. The van der Waals surface area contributed by atoms with Crippen LogP contribution in [0.4, 0.5) is 0 Å². The molecule has 0 saturated heterocycles. The SMILES string of the molecule is CC(C)(NCCc1ccccc1)c1ccc2c(c1)OCO2. The lowest BCUT2D eigenvalue weighted by molar-refractivity contribution is 0.174. The van der Waals surface area contributed by atoms with E-state index in [9.17, 15) is 0 Å². The van der Waals surface area contributed by atoms with E-state index >= 15 is 0 Å². The van der Waals surface area contributed by atoms with Crippen LogP contribution in [0.3, 0.4) is 0 Å². The Bertz CT molecular complexity index is 608. The molecule has 0 amide bonds. The van der Waals surface area contributed by atoms with E-state index in [4.69, 9.17) is 9.47 Å². The van der Waals surface area contributed by atoms with Crippen molar-refractivity contribution in [2.24, 2.45) is 0 Å². The molecule has 0 atom stereocenters. The second-order valence-corrected chi connectivity index (χ2v) is 5.86. The summed E-state index contributed by atoms with van der Waals surface area (Å²) in [5.41, 5.74) is 2.46. The van der Waals surface area contributed by atoms with Crippen LogP contribution in [0.15, 0.2) is 48.5 Å². The predicted molar refractivity (Wildman–Crippen MR) is 83.7 cm³/mol. The molecule has 1 N–H and O–H groups in total. The second kappa shape index (κ2) is 5.78. The first-order chi connectivity index (χ1) is 10.1. The molecule has 0 bridgehead atoms. The number of fused-ring (bicyclic) bond motifs is 1. The fourth-order valence-electron chi connectivity index (χ4n) is 2.55. The molecule has 0 fully saturated rings. The Labute approximate surface area is 125 Å². The predicted octanol–water partition coefficient (Wildman–Crippen LogP) is 3.48. The molecular formula is C18H21NO2. The normalized spacial score (nSPS) is 13.4. The van der Waals surface area contributed by atoms with Gasteiger partial charge in [0.25, 0.3) is 0 Å². The smallest absolute Gasteiger partial charge is 0.231 e. The summed E-state index contributed by atoms with van der Waals surface area (Å²) < 4.78 is 10.8. The minimum absolute atomic E-state index is 0.101. The van der Waals surface area contributed by atoms with Gasteiger partial charge in [-0.25, -0.2) is 0 Å². The standard InChI is InChI=1S/C18H21NO2/c1-18(2,19-11-10-14-6-4-3-5-7-14)15-8-9-16-17(12-15)21-13-20-16/h3-9,12,19H,10-11,13H2,1-2H3. The highest BCUT2D eigenvalue weighted by Crippen LogP contribution is 2.35. The van der Waals surface area contributed by atoms with Crippen LogP contribution in [0.25, 0.3) is 0 Å². The molecular weight excluding hydrogens is 262 g/mol. The summed E-state index contributed by atoms with van der Waals surface area (Å²) in [5, 5.41) is 3.62. The summed E-state index contributed by atoms with van der Waals surface area (Å²) in [6, 6.07) is 16.7. The van der Waals surface area contributed by atoms with Crippen molar-refractivity contribution in [3.63, 3.8) is 0 Å². The molecule has 3 heteroatoms. The summed E-state index contributed by atoms with van der Waals surface area (Å²) in [6.45, 7) is 5.64. The Kier molecular flexibility index (Phi) is 3.84. The van der Waals surface area contributed by atoms with E-state index in [1.807, 2.05) is 12.1 Å². The Morgan fingerprint density at radius 2 is 1.76 bits per heavy atom. The summed E-state index contributed by atoms with van der Waals surface area (Å²) in [7, 11) is 0. The Balaban J connectivity index is 1.63. The van der Waals surface area contributed by atoms with Gasteiger partial charge in [-0.15, -0.1) is 0 Å². The van der Waals surface area contributed by atoms with E-state index in [0.29, 0.717) is 6.79 Å². The lowest BCUT2D eigenvalue weighted by atomic mass is 9.93. The van der Waals surface area contributed by atoms with Crippen molar-refractivity contribution in [1.82, 2.24) is 5.32 Å². The first-order valence-electron chi connectivity index (χ1n) is 7.34. The molecule has 3 nitrogen and oxygen atoms in total. The van der Waals surface area contributed by atoms with Gasteiger partial charge in [0.05, 0.1) is 0 Å². The third kappa shape index (κ3) is 3.19. The molecule has 2 aromatic rings. The minimum atomic E-state index is -0.101. The van der Waals surface area contributed by atoms with Crippen molar-refractivity contribution in [2.75, 3.05) is 13.3 Å². The average molecular weight is 283 g/mol. The third-order valence-electron chi connectivity index (χ3n) is 3.92. The fraction of sp³-hybridized carbons (Fsp3) is 0.333. The first-order valence-corrected chi connectivity index (χ1v) is 7.34. The van der Waals surface area contributed by atoms with Gasteiger partial charge in [0.15, 0.2) is 11.5 Å². The van der Waals surface area contributed by atoms with Crippen molar-refractivity contribution in [2.45, 2.75) is 25.8 Å². The minimum Gasteiger partial charge on any atom is -0.454 e. The van der Waals surface area contributed by atoms with Gasteiger partial charge in [-0.1, -0.05) is 36.4 Å². The van der Waals surface area contributed by atoms with Gasteiger partial charge in [0, 0.05) is 5.54 Å². The van der Waals surface area contributed by atoms with Crippen molar-refractivity contribution < 1.29 is 9.47 Å². The lowest BCUT2D eigenvalue weighted by Crippen LogP contribution is -2.37. The molecule has 21 heavy (non-hydrogen) atoms.